The Morgan fingerprint density at radius 1 is 1.50 bits per heavy atom. The van der Waals surface area contributed by atoms with Gasteiger partial charge in [0, 0.05) is 22.0 Å². The smallest absolute Gasteiger partial charge is 0.173 e. The predicted octanol–water partition coefficient (Wildman–Crippen LogP) is 2.55. The largest absolute Gasteiger partial charge is 0.303 e. The number of nitrogens with one attached hydrogen (secondary N) is 1. The molecule has 0 aromatic heterocycles. The average Bonchev–Trinajstić information content (AvgIpc) is 2.57. The quantitative estimate of drug-likeness (QED) is 0.924. The molecular formula is C12H13BrFNO2S. The van der Waals surface area contributed by atoms with Crippen LogP contribution in [0.15, 0.2) is 34.2 Å². The van der Waals surface area contributed by atoms with Gasteiger partial charge in [0.25, 0.3) is 0 Å². The van der Waals surface area contributed by atoms with Gasteiger partial charge in [0.05, 0.1) is 5.75 Å². The lowest BCUT2D eigenvalue weighted by molar-refractivity contribution is 0.532. The van der Waals surface area contributed by atoms with Crippen molar-refractivity contribution < 1.29 is 12.8 Å². The Morgan fingerprint density at radius 2 is 2.22 bits per heavy atom. The predicted molar refractivity (Wildman–Crippen MR) is 72.4 cm³/mol. The van der Waals surface area contributed by atoms with Crippen LogP contribution in [0.3, 0.4) is 0 Å². The van der Waals surface area contributed by atoms with Crippen LogP contribution in [0, 0.1) is 5.82 Å². The first-order valence-corrected chi connectivity index (χ1v) is 8.00. The van der Waals surface area contributed by atoms with Crippen molar-refractivity contribution in [3.8, 4) is 0 Å². The van der Waals surface area contributed by atoms with Gasteiger partial charge in [0.15, 0.2) is 9.84 Å². The second-order valence-corrected chi connectivity index (χ2v) is 7.10. The summed E-state index contributed by atoms with van der Waals surface area (Å²) in [7, 11) is -3.05. The maximum absolute atomic E-state index is 13.0. The average molecular weight is 334 g/mol. The highest BCUT2D eigenvalue weighted by Gasteiger charge is 2.23. The van der Waals surface area contributed by atoms with Gasteiger partial charge in [-0.2, -0.15) is 0 Å². The first kappa shape index (κ1) is 13.7. The summed E-state index contributed by atoms with van der Waals surface area (Å²) in [4.78, 5) is 0. The Labute approximate surface area is 114 Å². The lowest BCUT2D eigenvalue weighted by atomic mass is 10.1. The maximum atomic E-state index is 13.0. The zero-order valence-electron chi connectivity index (χ0n) is 9.73. The zero-order chi connectivity index (χ0) is 13.3. The van der Waals surface area contributed by atoms with Gasteiger partial charge in [-0.25, -0.2) is 12.8 Å². The summed E-state index contributed by atoms with van der Waals surface area (Å²) in [6.07, 6.45) is 1.64. The van der Waals surface area contributed by atoms with Gasteiger partial charge in [-0.05, 0) is 24.6 Å². The molecule has 2 rings (SSSR count). The summed E-state index contributed by atoms with van der Waals surface area (Å²) >= 11 is 3.30. The van der Waals surface area contributed by atoms with E-state index in [-0.39, 0.29) is 23.7 Å². The monoisotopic (exact) mass is 333 g/mol. The Morgan fingerprint density at radius 3 is 2.78 bits per heavy atom. The number of rotatable bonds is 3. The Hall–Kier alpha value is -0.720. The first-order valence-electron chi connectivity index (χ1n) is 5.49. The van der Waals surface area contributed by atoms with E-state index in [4.69, 9.17) is 0 Å². The highest BCUT2D eigenvalue weighted by molar-refractivity contribution is 9.10. The van der Waals surface area contributed by atoms with Crippen molar-refractivity contribution in [2.24, 2.45) is 0 Å². The molecule has 0 saturated carbocycles. The second kappa shape index (κ2) is 5.11. The third kappa shape index (κ3) is 3.18. The van der Waals surface area contributed by atoms with Crippen molar-refractivity contribution in [2.45, 2.75) is 19.0 Å². The molecule has 1 aromatic carbocycles. The molecule has 0 radical (unpaired) electrons. The molecule has 2 unspecified atom stereocenters. The third-order valence-electron chi connectivity index (χ3n) is 2.82. The molecule has 1 aromatic rings. The summed E-state index contributed by atoms with van der Waals surface area (Å²) in [6, 6.07) is 4.21. The van der Waals surface area contributed by atoms with Gasteiger partial charge in [-0.3, -0.25) is 0 Å². The molecule has 0 fully saturated rings. The topological polar surface area (TPSA) is 46.2 Å². The molecular weight excluding hydrogens is 321 g/mol. The summed E-state index contributed by atoms with van der Waals surface area (Å²) in [5.41, 5.74) is 0.897. The van der Waals surface area contributed by atoms with Crippen molar-refractivity contribution in [3.05, 3.63) is 45.5 Å². The lowest BCUT2D eigenvalue weighted by Crippen LogP contribution is -2.32. The summed E-state index contributed by atoms with van der Waals surface area (Å²) in [5.74, 6) is -0.225. The van der Waals surface area contributed by atoms with Gasteiger partial charge in [-0.15, -0.1) is 0 Å². The Bertz CT molecular complexity index is 586. The van der Waals surface area contributed by atoms with Gasteiger partial charge < -0.3 is 5.32 Å². The first-order chi connectivity index (χ1) is 8.37. The Kier molecular flexibility index (Phi) is 3.89. The lowest BCUT2D eigenvalue weighted by Gasteiger charge is -2.19. The fraction of sp³-hybridized carbons (Fsp3) is 0.333. The SMILES string of the molecule is CC(NC1C=CS(=O)(=O)C1)c1ccc(F)cc1Br. The van der Waals surface area contributed by atoms with Crippen LogP contribution in [0.1, 0.15) is 18.5 Å². The molecule has 1 aliphatic rings. The maximum Gasteiger partial charge on any atom is 0.173 e. The highest BCUT2D eigenvalue weighted by atomic mass is 79.9. The fourth-order valence-electron chi connectivity index (χ4n) is 1.94. The second-order valence-electron chi connectivity index (χ2n) is 4.32. The van der Waals surface area contributed by atoms with Crippen LogP contribution in [-0.2, 0) is 9.84 Å². The summed E-state index contributed by atoms with van der Waals surface area (Å²) in [5, 5.41) is 4.43. The minimum atomic E-state index is -3.05. The zero-order valence-corrected chi connectivity index (χ0v) is 12.1. The van der Waals surface area contributed by atoms with Crippen molar-refractivity contribution in [1.29, 1.82) is 0 Å². The highest BCUT2D eigenvalue weighted by Crippen LogP contribution is 2.25. The minimum Gasteiger partial charge on any atom is -0.303 e. The molecule has 1 aliphatic heterocycles. The normalized spacial score (nSPS) is 23.2. The van der Waals surface area contributed by atoms with Gasteiger partial charge in [-0.1, -0.05) is 28.1 Å². The molecule has 0 saturated heterocycles. The van der Waals surface area contributed by atoms with E-state index in [2.05, 4.69) is 21.2 Å². The summed E-state index contributed by atoms with van der Waals surface area (Å²) in [6.45, 7) is 1.91. The molecule has 1 heterocycles. The summed E-state index contributed by atoms with van der Waals surface area (Å²) < 4.78 is 36.2. The van der Waals surface area contributed by atoms with Crippen LogP contribution in [0.4, 0.5) is 4.39 Å². The molecule has 3 nitrogen and oxygen atoms in total. The van der Waals surface area contributed by atoms with Gasteiger partial charge in [0.2, 0.25) is 0 Å². The molecule has 0 amide bonds. The number of hydrogen-bond donors (Lipinski definition) is 1. The molecule has 18 heavy (non-hydrogen) atoms. The number of sulfone groups is 1. The van der Waals surface area contributed by atoms with Crippen molar-refractivity contribution in [1.82, 2.24) is 5.32 Å². The van der Waals surface area contributed by atoms with Crippen LogP contribution in [-0.4, -0.2) is 20.2 Å². The number of hydrogen-bond acceptors (Lipinski definition) is 3. The van der Waals surface area contributed by atoms with Crippen LogP contribution in [0.2, 0.25) is 0 Å². The van der Waals surface area contributed by atoms with Gasteiger partial charge in [0.1, 0.15) is 5.82 Å². The number of benzene rings is 1. The van der Waals surface area contributed by atoms with Gasteiger partial charge >= 0.3 is 0 Å². The van der Waals surface area contributed by atoms with Crippen molar-refractivity contribution in [3.63, 3.8) is 0 Å². The molecule has 98 valence electrons. The van der Waals surface area contributed by atoms with E-state index in [0.29, 0.717) is 4.47 Å². The van der Waals surface area contributed by atoms with E-state index in [9.17, 15) is 12.8 Å². The number of halogens is 2. The van der Waals surface area contributed by atoms with E-state index in [1.807, 2.05) is 6.92 Å². The Balaban J connectivity index is 2.09. The molecule has 0 spiro atoms. The molecule has 0 bridgehead atoms. The standard InChI is InChI=1S/C12H13BrFNO2S/c1-8(11-3-2-9(14)6-12(11)13)15-10-4-5-18(16,17)7-10/h2-6,8,10,15H,7H2,1H3. The van der Waals surface area contributed by atoms with Crippen molar-refractivity contribution >= 4 is 25.8 Å². The van der Waals surface area contributed by atoms with E-state index in [0.717, 1.165) is 5.56 Å². The van der Waals surface area contributed by atoms with Crippen LogP contribution < -0.4 is 5.32 Å². The van der Waals surface area contributed by atoms with Crippen LogP contribution in [0.5, 0.6) is 0 Å². The van der Waals surface area contributed by atoms with Crippen molar-refractivity contribution in [2.75, 3.05) is 5.75 Å². The van der Waals surface area contributed by atoms with Crippen LogP contribution in [0.25, 0.3) is 0 Å². The van der Waals surface area contributed by atoms with E-state index < -0.39 is 9.84 Å². The minimum absolute atomic E-state index is 0.0667. The van der Waals surface area contributed by atoms with E-state index in [1.165, 1.54) is 17.5 Å². The molecule has 2 atom stereocenters. The molecule has 1 N–H and O–H groups in total. The molecule has 6 heteroatoms. The fourth-order valence-corrected chi connectivity index (χ4v) is 3.89. The van der Waals surface area contributed by atoms with E-state index in [1.54, 1.807) is 12.1 Å². The van der Waals surface area contributed by atoms with E-state index >= 15 is 0 Å². The molecule has 0 aliphatic carbocycles. The third-order valence-corrected chi connectivity index (χ3v) is 4.91. The van der Waals surface area contributed by atoms with Crippen LogP contribution >= 0.6 is 15.9 Å².